The van der Waals surface area contributed by atoms with Gasteiger partial charge < -0.3 is 19.1 Å². The molecule has 0 saturated carbocycles. The third kappa shape index (κ3) is 4.35. The summed E-state index contributed by atoms with van der Waals surface area (Å²) in [6, 6.07) is 3.88. The largest absolute Gasteiger partial charge is 0.495 e. The van der Waals surface area contributed by atoms with Crippen LogP contribution in [0.5, 0.6) is 11.5 Å². The number of ether oxygens (including phenoxy) is 3. The van der Waals surface area contributed by atoms with Gasteiger partial charge in [-0.1, -0.05) is 11.6 Å². The number of amides is 1. The maximum Gasteiger partial charge on any atom is 0.411 e. The molecule has 1 aromatic carbocycles. The average molecular weight is 384 g/mol. The Balaban J connectivity index is 1.58. The number of halogens is 1. The van der Waals surface area contributed by atoms with Gasteiger partial charge in [-0.05, 0) is 38.2 Å². The van der Waals surface area contributed by atoms with Crippen molar-refractivity contribution in [3.63, 3.8) is 0 Å². The van der Waals surface area contributed by atoms with E-state index >= 15 is 0 Å². The summed E-state index contributed by atoms with van der Waals surface area (Å²) >= 11 is 6.14. The molecular weight excluding hydrogens is 356 g/mol. The zero-order chi connectivity index (χ0) is 18.5. The minimum atomic E-state index is -0.479. The standard InChI is InChI=1S/C19H27ClN2O4/c1-24-17-11-18(25-2)15(10-14(17)20)21-19(23)26-12-13-6-5-9-22-8-4-3-7-16(13)22/h10-11,13,16H,3-9,12H2,1-2H3,(H,21,23)/p+1/t13-,16+/m0/s1. The molecule has 2 aliphatic heterocycles. The van der Waals surface area contributed by atoms with Crippen LogP contribution in [-0.4, -0.2) is 46.1 Å². The summed E-state index contributed by atoms with van der Waals surface area (Å²) < 4.78 is 16.0. The van der Waals surface area contributed by atoms with Crippen molar-refractivity contribution >= 4 is 23.4 Å². The van der Waals surface area contributed by atoms with E-state index < -0.39 is 6.09 Å². The number of rotatable bonds is 5. The molecule has 2 aliphatic rings. The topological polar surface area (TPSA) is 61.2 Å². The highest BCUT2D eigenvalue weighted by atomic mass is 35.5. The minimum Gasteiger partial charge on any atom is -0.495 e. The van der Waals surface area contributed by atoms with E-state index in [4.69, 9.17) is 25.8 Å². The number of nitrogens with one attached hydrogen (secondary N) is 2. The van der Waals surface area contributed by atoms with Crippen molar-refractivity contribution in [2.75, 3.05) is 39.2 Å². The van der Waals surface area contributed by atoms with E-state index in [1.807, 2.05) is 0 Å². The fraction of sp³-hybridized carbons (Fsp3) is 0.632. The van der Waals surface area contributed by atoms with Gasteiger partial charge in [0.2, 0.25) is 0 Å². The molecule has 7 heteroatoms. The van der Waals surface area contributed by atoms with Gasteiger partial charge >= 0.3 is 6.09 Å². The molecule has 2 saturated heterocycles. The van der Waals surface area contributed by atoms with Gasteiger partial charge in [-0.25, -0.2) is 4.79 Å². The Kier molecular flexibility index (Phi) is 6.48. The molecule has 1 amide bonds. The minimum absolute atomic E-state index is 0.400. The van der Waals surface area contributed by atoms with Crippen LogP contribution < -0.4 is 19.7 Å². The number of benzene rings is 1. The van der Waals surface area contributed by atoms with Crippen molar-refractivity contribution in [2.24, 2.45) is 5.92 Å². The number of anilines is 1. The highest BCUT2D eigenvalue weighted by molar-refractivity contribution is 6.32. The van der Waals surface area contributed by atoms with Gasteiger partial charge in [0.25, 0.3) is 0 Å². The van der Waals surface area contributed by atoms with E-state index in [9.17, 15) is 4.79 Å². The summed E-state index contributed by atoms with van der Waals surface area (Å²) in [5.74, 6) is 1.42. The lowest BCUT2D eigenvalue weighted by Crippen LogP contribution is -3.18. The molecule has 144 valence electrons. The van der Waals surface area contributed by atoms with Crippen molar-refractivity contribution < 1.29 is 23.9 Å². The Morgan fingerprint density at radius 2 is 1.92 bits per heavy atom. The highest BCUT2D eigenvalue weighted by Crippen LogP contribution is 2.36. The Bertz CT molecular complexity index is 638. The van der Waals surface area contributed by atoms with Crippen molar-refractivity contribution in [1.29, 1.82) is 0 Å². The molecular formula is C19H28ClN2O4+. The van der Waals surface area contributed by atoms with Crippen molar-refractivity contribution in [3.8, 4) is 11.5 Å². The number of fused-ring (bicyclic) bond motifs is 1. The molecule has 0 bridgehead atoms. The Morgan fingerprint density at radius 1 is 1.15 bits per heavy atom. The highest BCUT2D eigenvalue weighted by Gasteiger charge is 2.37. The predicted octanol–water partition coefficient (Wildman–Crippen LogP) is 2.75. The molecule has 3 atom stereocenters. The third-order valence-corrected chi connectivity index (χ3v) is 5.86. The summed E-state index contributed by atoms with van der Waals surface area (Å²) in [7, 11) is 3.06. The predicted molar refractivity (Wildman–Crippen MR) is 101 cm³/mol. The van der Waals surface area contributed by atoms with Crippen LogP contribution >= 0.6 is 11.6 Å². The van der Waals surface area contributed by atoms with E-state index in [0.29, 0.717) is 40.8 Å². The normalized spacial score (nSPS) is 25.1. The molecule has 2 fully saturated rings. The number of carbonyl (C=O) groups is 1. The molecule has 2 heterocycles. The van der Waals surface area contributed by atoms with Crippen LogP contribution in [0.15, 0.2) is 12.1 Å². The summed E-state index contributed by atoms with van der Waals surface area (Å²) in [4.78, 5) is 14.0. The maximum absolute atomic E-state index is 12.3. The fourth-order valence-electron chi connectivity index (χ4n) is 4.26. The van der Waals surface area contributed by atoms with E-state index in [2.05, 4.69) is 5.32 Å². The van der Waals surface area contributed by atoms with E-state index in [-0.39, 0.29) is 0 Å². The Labute approximate surface area is 159 Å². The molecule has 1 unspecified atom stereocenters. The van der Waals surface area contributed by atoms with Crippen LogP contribution in [0.3, 0.4) is 0 Å². The molecule has 1 aromatic rings. The molecule has 2 N–H and O–H groups in total. The summed E-state index contributed by atoms with van der Waals surface area (Å²) in [6.07, 6.45) is 5.72. The van der Waals surface area contributed by atoms with Crippen LogP contribution in [0.4, 0.5) is 10.5 Å². The number of hydrogen-bond donors (Lipinski definition) is 2. The molecule has 0 spiro atoms. The van der Waals surface area contributed by atoms with Gasteiger partial charge in [0.15, 0.2) is 0 Å². The number of carbonyl (C=O) groups excluding carboxylic acids is 1. The molecule has 0 aromatic heterocycles. The first-order chi connectivity index (χ1) is 12.6. The Morgan fingerprint density at radius 3 is 2.69 bits per heavy atom. The molecule has 26 heavy (non-hydrogen) atoms. The summed E-state index contributed by atoms with van der Waals surface area (Å²) in [5.41, 5.74) is 0.469. The fourth-order valence-corrected chi connectivity index (χ4v) is 4.50. The van der Waals surface area contributed by atoms with E-state index in [1.54, 1.807) is 17.0 Å². The smallest absolute Gasteiger partial charge is 0.411 e. The SMILES string of the molecule is COc1cc(OC)c(NC(=O)OC[C@@H]2CCC[NH+]3CCCC[C@H]23)cc1Cl. The van der Waals surface area contributed by atoms with Gasteiger partial charge in [0.1, 0.15) is 18.1 Å². The lowest BCUT2D eigenvalue weighted by Gasteiger charge is -2.40. The van der Waals surface area contributed by atoms with Crippen molar-refractivity contribution in [2.45, 2.75) is 38.1 Å². The van der Waals surface area contributed by atoms with Crippen LogP contribution in [0.25, 0.3) is 0 Å². The monoisotopic (exact) mass is 383 g/mol. The summed E-state index contributed by atoms with van der Waals surface area (Å²) in [5, 5.41) is 3.13. The van der Waals surface area contributed by atoms with Gasteiger partial charge in [-0.2, -0.15) is 0 Å². The molecule has 3 rings (SSSR count). The molecule has 6 nitrogen and oxygen atoms in total. The van der Waals surface area contributed by atoms with E-state index in [1.165, 1.54) is 53.0 Å². The second-order valence-electron chi connectivity index (χ2n) is 7.07. The van der Waals surface area contributed by atoms with Crippen LogP contribution in [-0.2, 0) is 4.74 Å². The number of piperidine rings is 2. The average Bonchev–Trinajstić information content (AvgIpc) is 2.66. The second-order valence-corrected chi connectivity index (χ2v) is 7.48. The second kappa shape index (κ2) is 8.82. The zero-order valence-electron chi connectivity index (χ0n) is 15.5. The first-order valence-electron chi connectivity index (χ1n) is 9.32. The zero-order valence-corrected chi connectivity index (χ0v) is 16.2. The number of quaternary nitrogens is 1. The third-order valence-electron chi connectivity index (χ3n) is 5.57. The lowest BCUT2D eigenvalue weighted by atomic mass is 9.84. The lowest BCUT2D eigenvalue weighted by molar-refractivity contribution is -0.940. The van der Waals surface area contributed by atoms with Crippen LogP contribution in [0.2, 0.25) is 5.02 Å². The van der Waals surface area contributed by atoms with Crippen molar-refractivity contribution in [1.82, 2.24) is 0 Å². The van der Waals surface area contributed by atoms with Gasteiger partial charge in [-0.3, -0.25) is 5.32 Å². The summed E-state index contributed by atoms with van der Waals surface area (Å²) in [6.45, 7) is 2.98. The van der Waals surface area contributed by atoms with Gasteiger partial charge in [0.05, 0.1) is 44.1 Å². The van der Waals surface area contributed by atoms with Crippen molar-refractivity contribution in [3.05, 3.63) is 17.2 Å². The first-order valence-corrected chi connectivity index (χ1v) is 9.70. The van der Waals surface area contributed by atoms with E-state index in [0.717, 1.165) is 6.42 Å². The van der Waals surface area contributed by atoms with Crippen LogP contribution in [0, 0.1) is 5.92 Å². The van der Waals surface area contributed by atoms with Gasteiger partial charge in [-0.15, -0.1) is 0 Å². The first kappa shape index (κ1) is 19.1. The quantitative estimate of drug-likeness (QED) is 0.820. The molecule has 0 radical (unpaired) electrons. The molecule has 0 aliphatic carbocycles. The van der Waals surface area contributed by atoms with Gasteiger partial charge in [0, 0.05) is 12.0 Å². The van der Waals surface area contributed by atoms with Crippen LogP contribution in [0.1, 0.15) is 32.1 Å². The number of hydrogen-bond acceptors (Lipinski definition) is 4. The number of methoxy groups -OCH3 is 2. The Hall–Kier alpha value is -1.66. The maximum atomic E-state index is 12.3.